The number of carbonyl (C=O) groups is 1. The van der Waals surface area contributed by atoms with Gasteiger partial charge in [0, 0.05) is 14.1 Å². The summed E-state index contributed by atoms with van der Waals surface area (Å²) in [4.78, 5) is 12.8. The molecule has 9 heteroatoms. The third kappa shape index (κ3) is 5.15. The van der Waals surface area contributed by atoms with Gasteiger partial charge in [-0.2, -0.15) is 5.10 Å². The van der Waals surface area contributed by atoms with Crippen LogP contribution in [0.25, 0.3) is 0 Å². The Balaban J connectivity index is 1.74. The van der Waals surface area contributed by atoms with Crippen molar-refractivity contribution in [3.8, 4) is 0 Å². The molecule has 0 bridgehead atoms. The summed E-state index contributed by atoms with van der Waals surface area (Å²) in [5.41, 5.74) is 3.38. The molecule has 1 heterocycles. The molecule has 0 amide bonds. The number of halogens is 1. The van der Waals surface area contributed by atoms with Crippen LogP contribution in [0.15, 0.2) is 53.4 Å². The zero-order valence-corrected chi connectivity index (χ0v) is 19.4. The number of esters is 1. The van der Waals surface area contributed by atoms with Gasteiger partial charge in [-0.1, -0.05) is 53.6 Å². The maximum absolute atomic E-state index is 12.7. The van der Waals surface area contributed by atoms with E-state index in [1.165, 1.54) is 26.2 Å². The number of hydrogen-bond donors (Lipinski definition) is 0. The first-order valence-electron chi connectivity index (χ1n) is 9.56. The standard InChI is InChI=1S/C22H24ClN3O4S/c1-15-8-10-17(11-9-15)13-26-21(23)20(16(2)24-26)22(27)30-14-18-6-5-7-19(12-18)31(28,29)25(3)4/h5-12H,13-14H2,1-4H3. The van der Waals surface area contributed by atoms with E-state index < -0.39 is 16.0 Å². The molecule has 0 fully saturated rings. The van der Waals surface area contributed by atoms with Gasteiger partial charge >= 0.3 is 5.97 Å². The molecule has 0 aliphatic carbocycles. The summed E-state index contributed by atoms with van der Waals surface area (Å²) in [5, 5.41) is 4.57. The van der Waals surface area contributed by atoms with E-state index >= 15 is 0 Å². The molecule has 7 nitrogen and oxygen atoms in total. The summed E-state index contributed by atoms with van der Waals surface area (Å²) in [6.07, 6.45) is 0. The SMILES string of the molecule is Cc1ccc(Cn2nc(C)c(C(=O)OCc3cccc(S(=O)(=O)N(C)C)c3)c2Cl)cc1. The minimum atomic E-state index is -3.57. The average molecular weight is 462 g/mol. The fraction of sp³-hybridized carbons (Fsp3) is 0.273. The highest BCUT2D eigenvalue weighted by atomic mass is 35.5. The van der Waals surface area contributed by atoms with Gasteiger partial charge in [0.05, 0.1) is 17.1 Å². The molecule has 0 aliphatic heterocycles. The van der Waals surface area contributed by atoms with Crippen molar-refractivity contribution in [1.29, 1.82) is 0 Å². The molecule has 0 aliphatic rings. The lowest BCUT2D eigenvalue weighted by Crippen LogP contribution is -2.22. The van der Waals surface area contributed by atoms with Crippen LogP contribution in [0.3, 0.4) is 0 Å². The zero-order chi connectivity index (χ0) is 22.8. The smallest absolute Gasteiger partial charge is 0.343 e. The predicted molar refractivity (Wildman–Crippen MR) is 119 cm³/mol. The van der Waals surface area contributed by atoms with Crippen molar-refractivity contribution in [1.82, 2.24) is 14.1 Å². The number of carbonyl (C=O) groups excluding carboxylic acids is 1. The zero-order valence-electron chi connectivity index (χ0n) is 17.8. The fourth-order valence-corrected chi connectivity index (χ4v) is 4.27. The van der Waals surface area contributed by atoms with Crippen LogP contribution in [0.1, 0.15) is 32.7 Å². The molecule has 0 atom stereocenters. The number of aromatic nitrogens is 2. The second-order valence-corrected chi connectivity index (χ2v) is 9.92. The predicted octanol–water partition coefficient (Wildman–Crippen LogP) is 3.81. The quantitative estimate of drug-likeness (QED) is 0.500. The van der Waals surface area contributed by atoms with Crippen molar-refractivity contribution in [3.05, 3.63) is 81.6 Å². The van der Waals surface area contributed by atoms with E-state index in [9.17, 15) is 13.2 Å². The highest BCUT2D eigenvalue weighted by Crippen LogP contribution is 2.23. The van der Waals surface area contributed by atoms with E-state index in [2.05, 4.69) is 5.10 Å². The number of hydrogen-bond acceptors (Lipinski definition) is 5. The number of ether oxygens (including phenoxy) is 1. The number of rotatable bonds is 7. The molecule has 2 aromatic carbocycles. The van der Waals surface area contributed by atoms with Gasteiger partial charge in [-0.25, -0.2) is 22.2 Å². The van der Waals surface area contributed by atoms with Gasteiger partial charge in [-0.3, -0.25) is 0 Å². The van der Waals surface area contributed by atoms with Crippen molar-refractivity contribution in [3.63, 3.8) is 0 Å². The second kappa shape index (κ2) is 9.21. The van der Waals surface area contributed by atoms with Crippen molar-refractivity contribution in [2.75, 3.05) is 14.1 Å². The van der Waals surface area contributed by atoms with Gasteiger partial charge in [0.25, 0.3) is 0 Å². The first kappa shape index (κ1) is 23.0. The monoisotopic (exact) mass is 461 g/mol. The maximum atomic E-state index is 12.7. The molecular formula is C22H24ClN3O4S. The molecule has 0 saturated carbocycles. The molecule has 0 N–H and O–H groups in total. The van der Waals surface area contributed by atoms with Crippen LogP contribution in [-0.4, -0.2) is 42.6 Å². The van der Waals surface area contributed by atoms with E-state index in [1.807, 2.05) is 31.2 Å². The number of aryl methyl sites for hydroxylation is 2. The summed E-state index contributed by atoms with van der Waals surface area (Å²) in [6.45, 7) is 4.04. The van der Waals surface area contributed by atoms with E-state index in [0.29, 0.717) is 17.8 Å². The Labute approximate surface area is 187 Å². The highest BCUT2D eigenvalue weighted by Gasteiger charge is 2.22. The fourth-order valence-electron chi connectivity index (χ4n) is 2.98. The van der Waals surface area contributed by atoms with Crippen LogP contribution in [-0.2, 0) is 27.9 Å². The van der Waals surface area contributed by atoms with E-state index in [0.717, 1.165) is 15.4 Å². The summed E-state index contributed by atoms with van der Waals surface area (Å²) >= 11 is 6.42. The van der Waals surface area contributed by atoms with Gasteiger partial charge in [0.15, 0.2) is 0 Å². The Kier molecular flexibility index (Phi) is 6.83. The van der Waals surface area contributed by atoms with Crippen LogP contribution in [0, 0.1) is 13.8 Å². The second-order valence-electron chi connectivity index (χ2n) is 7.41. The van der Waals surface area contributed by atoms with Gasteiger partial charge in [-0.15, -0.1) is 0 Å². The van der Waals surface area contributed by atoms with Crippen molar-refractivity contribution >= 4 is 27.6 Å². The Morgan fingerprint density at radius 2 is 1.77 bits per heavy atom. The molecule has 164 valence electrons. The van der Waals surface area contributed by atoms with E-state index in [4.69, 9.17) is 16.3 Å². The lowest BCUT2D eigenvalue weighted by molar-refractivity contribution is 0.0472. The van der Waals surface area contributed by atoms with Crippen LogP contribution in [0.5, 0.6) is 0 Å². The molecule has 3 rings (SSSR count). The summed E-state index contributed by atoms with van der Waals surface area (Å²) in [6, 6.07) is 14.2. The van der Waals surface area contributed by atoms with E-state index in [-0.39, 0.29) is 22.2 Å². The number of sulfonamides is 1. The lowest BCUT2D eigenvalue weighted by Gasteiger charge is -2.12. The third-order valence-corrected chi connectivity index (χ3v) is 6.96. The molecule has 31 heavy (non-hydrogen) atoms. The van der Waals surface area contributed by atoms with E-state index in [1.54, 1.807) is 23.7 Å². The molecular weight excluding hydrogens is 438 g/mol. The Bertz CT molecular complexity index is 1200. The first-order valence-corrected chi connectivity index (χ1v) is 11.4. The minimum absolute atomic E-state index is 0.0888. The van der Waals surface area contributed by atoms with Gasteiger partial charge in [0.1, 0.15) is 17.3 Å². The minimum Gasteiger partial charge on any atom is -0.457 e. The van der Waals surface area contributed by atoms with Crippen molar-refractivity contribution in [2.24, 2.45) is 0 Å². The molecule has 0 spiro atoms. The van der Waals surface area contributed by atoms with Crippen molar-refractivity contribution in [2.45, 2.75) is 31.9 Å². The van der Waals surface area contributed by atoms with Crippen LogP contribution in [0.2, 0.25) is 5.15 Å². The molecule has 0 saturated heterocycles. The number of benzene rings is 2. The summed E-state index contributed by atoms with van der Waals surface area (Å²) in [5.74, 6) is -0.612. The topological polar surface area (TPSA) is 81.5 Å². The van der Waals surface area contributed by atoms with Crippen molar-refractivity contribution < 1.29 is 17.9 Å². The largest absolute Gasteiger partial charge is 0.457 e. The molecule has 0 radical (unpaired) electrons. The van der Waals surface area contributed by atoms with Gasteiger partial charge in [0.2, 0.25) is 10.0 Å². The lowest BCUT2D eigenvalue weighted by atomic mass is 10.1. The van der Waals surface area contributed by atoms with Gasteiger partial charge in [-0.05, 0) is 37.1 Å². The van der Waals surface area contributed by atoms with Gasteiger partial charge < -0.3 is 4.74 Å². The van der Waals surface area contributed by atoms with Crippen LogP contribution >= 0.6 is 11.6 Å². The molecule has 0 unspecified atom stereocenters. The summed E-state index contributed by atoms with van der Waals surface area (Å²) in [7, 11) is -0.656. The first-order chi connectivity index (χ1) is 14.6. The molecule has 1 aromatic heterocycles. The molecule has 3 aromatic rings. The van der Waals surface area contributed by atoms with Crippen LogP contribution in [0.4, 0.5) is 0 Å². The highest BCUT2D eigenvalue weighted by molar-refractivity contribution is 7.89. The Hall–Kier alpha value is -2.68. The average Bonchev–Trinajstić information content (AvgIpc) is 3.01. The normalized spacial score (nSPS) is 11.7. The third-order valence-electron chi connectivity index (χ3n) is 4.77. The summed E-state index contributed by atoms with van der Waals surface area (Å²) < 4.78 is 32.7. The number of nitrogens with zero attached hydrogens (tertiary/aromatic N) is 3. The van der Waals surface area contributed by atoms with Crippen LogP contribution < -0.4 is 0 Å². The Morgan fingerprint density at radius 3 is 2.42 bits per heavy atom. The Morgan fingerprint density at radius 1 is 1.10 bits per heavy atom. The maximum Gasteiger partial charge on any atom is 0.343 e.